The Hall–Kier alpha value is -2.70. The van der Waals surface area contributed by atoms with E-state index in [0.29, 0.717) is 5.95 Å². The monoisotopic (exact) mass is 283 g/mol. The van der Waals surface area contributed by atoms with Crippen LogP contribution in [0.4, 0.5) is 5.95 Å². The molecule has 7 heteroatoms. The fourth-order valence-electron chi connectivity index (χ4n) is 2.10. The quantitative estimate of drug-likeness (QED) is 0.727. The van der Waals surface area contributed by atoms with Crippen LogP contribution in [0.2, 0.25) is 0 Å². The number of rotatable bonds is 3. The van der Waals surface area contributed by atoms with Crippen molar-refractivity contribution >= 4 is 5.95 Å². The molecule has 0 aliphatic heterocycles. The summed E-state index contributed by atoms with van der Waals surface area (Å²) in [5.74, 6) is 1.48. The number of hydrogen-bond donors (Lipinski definition) is 0. The smallest absolute Gasteiger partial charge is 0.224 e. The second-order valence-electron chi connectivity index (χ2n) is 5.03. The molecule has 0 saturated carbocycles. The summed E-state index contributed by atoms with van der Waals surface area (Å²) in [6.07, 6.45) is 9.08. The van der Waals surface area contributed by atoms with Gasteiger partial charge in [0.05, 0.1) is 23.1 Å². The molecule has 0 aromatic carbocycles. The molecule has 0 N–H and O–H groups in total. The second kappa shape index (κ2) is 5.01. The highest BCUT2D eigenvalue weighted by Gasteiger charge is 2.13. The maximum absolute atomic E-state index is 4.42. The lowest BCUT2D eigenvalue weighted by Gasteiger charge is -2.10. The summed E-state index contributed by atoms with van der Waals surface area (Å²) in [7, 11) is 5.74. The maximum Gasteiger partial charge on any atom is 0.224 e. The molecule has 0 spiro atoms. The Labute approximate surface area is 122 Å². The van der Waals surface area contributed by atoms with E-state index in [1.807, 2.05) is 54.6 Å². The van der Waals surface area contributed by atoms with Gasteiger partial charge in [-0.25, -0.2) is 15.0 Å². The summed E-state index contributed by atoms with van der Waals surface area (Å²) in [6, 6.07) is 0. The average molecular weight is 283 g/mol. The van der Waals surface area contributed by atoms with Crippen LogP contribution in [0.15, 0.2) is 31.0 Å². The van der Waals surface area contributed by atoms with Crippen LogP contribution in [-0.4, -0.2) is 43.4 Å². The van der Waals surface area contributed by atoms with E-state index in [0.717, 1.165) is 22.8 Å². The van der Waals surface area contributed by atoms with Crippen molar-refractivity contribution in [1.82, 2.24) is 29.3 Å². The van der Waals surface area contributed by atoms with Gasteiger partial charge in [0.2, 0.25) is 5.95 Å². The van der Waals surface area contributed by atoms with E-state index in [-0.39, 0.29) is 0 Å². The van der Waals surface area contributed by atoms with Gasteiger partial charge in [-0.3, -0.25) is 9.25 Å². The molecule has 0 aliphatic rings. The van der Waals surface area contributed by atoms with Crippen LogP contribution >= 0.6 is 0 Å². The van der Waals surface area contributed by atoms with Gasteiger partial charge in [-0.05, 0) is 6.92 Å². The molecule has 0 atom stereocenters. The third-order valence-electron chi connectivity index (χ3n) is 3.41. The first-order valence-corrected chi connectivity index (χ1v) is 6.60. The van der Waals surface area contributed by atoms with Crippen molar-refractivity contribution < 1.29 is 0 Å². The van der Waals surface area contributed by atoms with E-state index in [2.05, 4.69) is 20.1 Å². The first-order valence-electron chi connectivity index (χ1n) is 6.60. The molecule has 7 nitrogen and oxygen atoms in total. The van der Waals surface area contributed by atoms with Gasteiger partial charge in [0.1, 0.15) is 5.82 Å². The predicted molar refractivity (Wildman–Crippen MR) is 80.4 cm³/mol. The molecule has 0 fully saturated rings. The van der Waals surface area contributed by atoms with Crippen LogP contribution in [0, 0.1) is 6.92 Å². The Bertz CT molecular complexity index is 752. The van der Waals surface area contributed by atoms with Gasteiger partial charge in [0, 0.05) is 45.9 Å². The van der Waals surface area contributed by atoms with Crippen LogP contribution in [0.1, 0.15) is 5.69 Å². The zero-order valence-corrected chi connectivity index (χ0v) is 12.5. The Morgan fingerprint density at radius 1 is 1.05 bits per heavy atom. The molecular formula is C14H17N7. The topological polar surface area (TPSA) is 64.7 Å². The number of aryl methyl sites for hydroxylation is 1. The lowest BCUT2D eigenvalue weighted by Crippen LogP contribution is -2.12. The third-order valence-corrected chi connectivity index (χ3v) is 3.41. The summed E-state index contributed by atoms with van der Waals surface area (Å²) < 4.78 is 3.83. The highest BCUT2D eigenvalue weighted by Crippen LogP contribution is 2.22. The number of aromatic nitrogens is 6. The van der Waals surface area contributed by atoms with Crippen LogP contribution in [0.25, 0.3) is 17.1 Å². The minimum atomic E-state index is 0.675. The van der Waals surface area contributed by atoms with E-state index >= 15 is 0 Å². The molecule has 0 amide bonds. The summed E-state index contributed by atoms with van der Waals surface area (Å²) in [4.78, 5) is 15.0. The molecule has 0 unspecified atom stereocenters. The lowest BCUT2D eigenvalue weighted by molar-refractivity contribution is 0.738. The predicted octanol–water partition coefficient (Wildman–Crippen LogP) is 1.44. The van der Waals surface area contributed by atoms with Gasteiger partial charge in [-0.2, -0.15) is 5.10 Å². The largest absolute Gasteiger partial charge is 0.347 e. The van der Waals surface area contributed by atoms with E-state index in [9.17, 15) is 0 Å². The summed E-state index contributed by atoms with van der Waals surface area (Å²) in [6.45, 7) is 2.03. The Morgan fingerprint density at radius 2 is 1.76 bits per heavy atom. The van der Waals surface area contributed by atoms with Gasteiger partial charge in [0.25, 0.3) is 0 Å². The number of anilines is 1. The van der Waals surface area contributed by atoms with Crippen molar-refractivity contribution in [1.29, 1.82) is 0 Å². The van der Waals surface area contributed by atoms with E-state index in [4.69, 9.17) is 0 Å². The van der Waals surface area contributed by atoms with Gasteiger partial charge in [0.15, 0.2) is 0 Å². The molecule has 0 saturated heterocycles. The van der Waals surface area contributed by atoms with E-state index < -0.39 is 0 Å². The summed E-state index contributed by atoms with van der Waals surface area (Å²) >= 11 is 0. The maximum atomic E-state index is 4.42. The van der Waals surface area contributed by atoms with Crippen molar-refractivity contribution in [2.75, 3.05) is 19.0 Å². The van der Waals surface area contributed by atoms with Crippen molar-refractivity contribution in [3.63, 3.8) is 0 Å². The van der Waals surface area contributed by atoms with Crippen molar-refractivity contribution in [3.8, 4) is 17.1 Å². The van der Waals surface area contributed by atoms with Gasteiger partial charge >= 0.3 is 0 Å². The molecule has 21 heavy (non-hydrogen) atoms. The van der Waals surface area contributed by atoms with E-state index in [1.54, 1.807) is 18.6 Å². The SMILES string of the molecule is Cc1c(-n2ccnc2-c2cnc(N(C)C)nc2)cnn1C. The first-order chi connectivity index (χ1) is 10.1. The fraction of sp³-hybridized carbons (Fsp3) is 0.286. The Balaban J connectivity index is 2.05. The summed E-state index contributed by atoms with van der Waals surface area (Å²) in [5.41, 5.74) is 2.94. The second-order valence-corrected chi connectivity index (χ2v) is 5.03. The van der Waals surface area contributed by atoms with Crippen LogP contribution in [-0.2, 0) is 7.05 Å². The van der Waals surface area contributed by atoms with Crippen molar-refractivity contribution in [3.05, 3.63) is 36.7 Å². The molecule has 3 aromatic rings. The van der Waals surface area contributed by atoms with Crippen LogP contribution in [0.5, 0.6) is 0 Å². The highest BCUT2D eigenvalue weighted by atomic mass is 15.3. The minimum absolute atomic E-state index is 0.675. The molecule has 3 aromatic heterocycles. The molecule has 0 bridgehead atoms. The number of nitrogens with zero attached hydrogens (tertiary/aromatic N) is 7. The number of hydrogen-bond acceptors (Lipinski definition) is 5. The van der Waals surface area contributed by atoms with Gasteiger partial charge < -0.3 is 4.90 Å². The number of imidazole rings is 1. The highest BCUT2D eigenvalue weighted by molar-refractivity contribution is 5.57. The lowest BCUT2D eigenvalue weighted by atomic mass is 10.3. The van der Waals surface area contributed by atoms with Crippen LogP contribution in [0.3, 0.4) is 0 Å². The molecule has 108 valence electrons. The molecular weight excluding hydrogens is 266 g/mol. The third kappa shape index (κ3) is 2.26. The fourth-order valence-corrected chi connectivity index (χ4v) is 2.10. The van der Waals surface area contributed by atoms with Crippen molar-refractivity contribution in [2.24, 2.45) is 7.05 Å². The summed E-state index contributed by atoms with van der Waals surface area (Å²) in [5, 5.41) is 4.27. The van der Waals surface area contributed by atoms with Gasteiger partial charge in [-0.1, -0.05) is 0 Å². The first kappa shape index (κ1) is 13.3. The molecule has 0 aliphatic carbocycles. The zero-order chi connectivity index (χ0) is 15.0. The van der Waals surface area contributed by atoms with Crippen molar-refractivity contribution in [2.45, 2.75) is 6.92 Å². The molecule has 0 radical (unpaired) electrons. The van der Waals surface area contributed by atoms with E-state index in [1.165, 1.54) is 0 Å². The minimum Gasteiger partial charge on any atom is -0.347 e. The zero-order valence-electron chi connectivity index (χ0n) is 12.5. The van der Waals surface area contributed by atoms with Crippen LogP contribution < -0.4 is 4.90 Å². The molecule has 3 heterocycles. The van der Waals surface area contributed by atoms with Gasteiger partial charge in [-0.15, -0.1) is 0 Å². The Morgan fingerprint density at radius 3 is 2.33 bits per heavy atom. The normalized spacial score (nSPS) is 10.9. The molecule has 3 rings (SSSR count). The standard InChI is InChI=1S/C14H17N7/c1-10-12(9-18-20(10)4)21-6-5-15-13(21)11-7-16-14(17-8-11)19(2)3/h5-9H,1-4H3. The Kier molecular flexibility index (Phi) is 3.17. The average Bonchev–Trinajstić information content (AvgIpc) is 3.07.